The van der Waals surface area contributed by atoms with Crippen molar-refractivity contribution in [1.82, 2.24) is 4.90 Å². The van der Waals surface area contributed by atoms with Crippen molar-refractivity contribution >= 4 is 11.6 Å². The van der Waals surface area contributed by atoms with Crippen LogP contribution in [0, 0.1) is 5.41 Å². The first-order valence-corrected chi connectivity index (χ1v) is 4.28. The molecule has 0 aromatic heterocycles. The van der Waals surface area contributed by atoms with E-state index >= 15 is 0 Å². The lowest BCUT2D eigenvalue weighted by Gasteiger charge is -2.39. The van der Waals surface area contributed by atoms with Crippen LogP contribution >= 0.6 is 11.6 Å². The van der Waals surface area contributed by atoms with E-state index in [0.717, 1.165) is 19.5 Å². The van der Waals surface area contributed by atoms with Crippen LogP contribution in [0.2, 0.25) is 0 Å². The van der Waals surface area contributed by atoms with E-state index < -0.39 is 0 Å². The van der Waals surface area contributed by atoms with Crippen LogP contribution in [-0.2, 0) is 0 Å². The van der Waals surface area contributed by atoms with Crippen molar-refractivity contribution < 1.29 is 0 Å². The standard InChI is InChI=1S/C8H16ClN/c1-8(2)6-10(3)5-4-7(8)9/h7H,4-6H2,1-3H3. The number of hydrogen-bond donors (Lipinski definition) is 0. The Labute approximate surface area is 68.4 Å². The second-order valence-electron chi connectivity index (χ2n) is 3.98. The first-order valence-electron chi connectivity index (χ1n) is 3.85. The van der Waals surface area contributed by atoms with Gasteiger partial charge in [0.1, 0.15) is 0 Å². The summed E-state index contributed by atoms with van der Waals surface area (Å²) < 4.78 is 0. The fraction of sp³-hybridized carbons (Fsp3) is 1.00. The van der Waals surface area contributed by atoms with Gasteiger partial charge in [0.15, 0.2) is 0 Å². The SMILES string of the molecule is CN1CCC(Cl)C(C)(C)C1. The van der Waals surface area contributed by atoms with Crippen molar-refractivity contribution in [1.29, 1.82) is 0 Å². The molecule has 0 radical (unpaired) electrons. The van der Waals surface area contributed by atoms with Gasteiger partial charge in [0.05, 0.1) is 0 Å². The molecule has 0 aromatic rings. The monoisotopic (exact) mass is 161 g/mol. The zero-order chi connectivity index (χ0) is 7.78. The van der Waals surface area contributed by atoms with Gasteiger partial charge in [-0.1, -0.05) is 13.8 Å². The average Bonchev–Trinajstić information content (AvgIpc) is 1.78. The minimum absolute atomic E-state index is 0.300. The number of likely N-dealkylation sites (tertiary alicyclic amines) is 1. The molecule has 0 saturated carbocycles. The molecule has 1 heterocycles. The van der Waals surface area contributed by atoms with E-state index in [1.54, 1.807) is 0 Å². The van der Waals surface area contributed by atoms with Crippen molar-refractivity contribution in [3.63, 3.8) is 0 Å². The van der Waals surface area contributed by atoms with Crippen LogP contribution in [0.25, 0.3) is 0 Å². The Bertz CT molecular complexity index is 122. The maximum absolute atomic E-state index is 6.15. The van der Waals surface area contributed by atoms with Gasteiger partial charge in [-0.15, -0.1) is 11.6 Å². The number of piperidine rings is 1. The van der Waals surface area contributed by atoms with Gasteiger partial charge in [-0.2, -0.15) is 0 Å². The first-order chi connectivity index (χ1) is 4.52. The molecule has 1 aliphatic rings. The normalized spacial score (nSPS) is 34.2. The molecular weight excluding hydrogens is 146 g/mol. The quantitative estimate of drug-likeness (QED) is 0.491. The van der Waals surface area contributed by atoms with Gasteiger partial charge in [-0.3, -0.25) is 0 Å². The molecule has 0 aliphatic carbocycles. The molecule has 0 aromatic carbocycles. The molecule has 1 fully saturated rings. The molecular formula is C8H16ClN. The fourth-order valence-electron chi connectivity index (χ4n) is 1.60. The summed E-state index contributed by atoms with van der Waals surface area (Å²) in [5.74, 6) is 0. The number of nitrogens with zero attached hydrogens (tertiary/aromatic N) is 1. The maximum Gasteiger partial charge on any atom is 0.0411 e. The Hall–Kier alpha value is 0.250. The first kappa shape index (κ1) is 8.35. The van der Waals surface area contributed by atoms with Crippen LogP contribution in [-0.4, -0.2) is 30.4 Å². The van der Waals surface area contributed by atoms with Crippen LogP contribution in [0.5, 0.6) is 0 Å². The van der Waals surface area contributed by atoms with Crippen molar-refractivity contribution in [3.8, 4) is 0 Å². The lowest BCUT2D eigenvalue weighted by atomic mass is 9.84. The molecule has 0 spiro atoms. The molecule has 10 heavy (non-hydrogen) atoms. The zero-order valence-electron chi connectivity index (χ0n) is 7.02. The van der Waals surface area contributed by atoms with E-state index in [0.29, 0.717) is 10.8 Å². The van der Waals surface area contributed by atoms with Crippen LogP contribution < -0.4 is 0 Å². The molecule has 2 heteroatoms. The van der Waals surface area contributed by atoms with E-state index in [2.05, 4.69) is 25.8 Å². The van der Waals surface area contributed by atoms with E-state index in [-0.39, 0.29) is 0 Å². The predicted molar refractivity (Wildman–Crippen MR) is 45.5 cm³/mol. The molecule has 1 nitrogen and oxygen atoms in total. The number of rotatable bonds is 0. The molecule has 0 amide bonds. The molecule has 0 N–H and O–H groups in total. The largest absolute Gasteiger partial charge is 0.306 e. The Morgan fingerprint density at radius 2 is 2.10 bits per heavy atom. The van der Waals surface area contributed by atoms with Crippen LogP contribution in [0.1, 0.15) is 20.3 Å². The molecule has 1 rings (SSSR count). The van der Waals surface area contributed by atoms with E-state index in [1.807, 2.05) is 0 Å². The Morgan fingerprint density at radius 1 is 1.50 bits per heavy atom. The summed E-state index contributed by atoms with van der Waals surface area (Å²) in [6.07, 6.45) is 1.13. The van der Waals surface area contributed by atoms with Gasteiger partial charge >= 0.3 is 0 Å². The summed E-state index contributed by atoms with van der Waals surface area (Å²) in [6.45, 7) is 6.75. The van der Waals surface area contributed by atoms with E-state index in [1.165, 1.54) is 0 Å². The molecule has 1 saturated heterocycles. The maximum atomic E-state index is 6.15. The lowest BCUT2D eigenvalue weighted by molar-refractivity contribution is 0.148. The highest BCUT2D eigenvalue weighted by atomic mass is 35.5. The average molecular weight is 162 g/mol. The fourth-order valence-corrected chi connectivity index (χ4v) is 1.76. The van der Waals surface area contributed by atoms with Crippen LogP contribution in [0.3, 0.4) is 0 Å². The lowest BCUT2D eigenvalue weighted by Crippen LogP contribution is -2.44. The van der Waals surface area contributed by atoms with Crippen molar-refractivity contribution in [2.24, 2.45) is 5.41 Å². The van der Waals surface area contributed by atoms with Gasteiger partial charge in [0, 0.05) is 11.9 Å². The third kappa shape index (κ3) is 1.64. The molecule has 1 unspecified atom stereocenters. The third-order valence-electron chi connectivity index (χ3n) is 2.29. The van der Waals surface area contributed by atoms with Gasteiger partial charge in [-0.05, 0) is 25.4 Å². The predicted octanol–water partition coefficient (Wildman–Crippen LogP) is 1.96. The van der Waals surface area contributed by atoms with Gasteiger partial charge in [0.25, 0.3) is 0 Å². The zero-order valence-corrected chi connectivity index (χ0v) is 7.78. The van der Waals surface area contributed by atoms with Crippen LogP contribution in [0.4, 0.5) is 0 Å². The van der Waals surface area contributed by atoms with Crippen LogP contribution in [0.15, 0.2) is 0 Å². The summed E-state index contributed by atoms with van der Waals surface area (Å²) in [6, 6.07) is 0. The molecule has 60 valence electrons. The summed E-state index contributed by atoms with van der Waals surface area (Å²) >= 11 is 6.15. The highest BCUT2D eigenvalue weighted by Crippen LogP contribution is 2.32. The van der Waals surface area contributed by atoms with E-state index in [9.17, 15) is 0 Å². The highest BCUT2D eigenvalue weighted by Gasteiger charge is 2.32. The van der Waals surface area contributed by atoms with Gasteiger partial charge in [-0.25, -0.2) is 0 Å². The van der Waals surface area contributed by atoms with Gasteiger partial charge in [0.2, 0.25) is 0 Å². The van der Waals surface area contributed by atoms with E-state index in [4.69, 9.17) is 11.6 Å². The second kappa shape index (κ2) is 2.71. The molecule has 0 bridgehead atoms. The van der Waals surface area contributed by atoms with Crippen molar-refractivity contribution in [2.75, 3.05) is 20.1 Å². The highest BCUT2D eigenvalue weighted by molar-refractivity contribution is 6.21. The molecule has 1 atom stereocenters. The Balaban J connectivity index is 2.55. The van der Waals surface area contributed by atoms with Crippen molar-refractivity contribution in [2.45, 2.75) is 25.6 Å². The van der Waals surface area contributed by atoms with Crippen molar-refractivity contribution in [3.05, 3.63) is 0 Å². The smallest absolute Gasteiger partial charge is 0.0411 e. The number of alkyl halides is 1. The number of hydrogen-bond acceptors (Lipinski definition) is 1. The second-order valence-corrected chi connectivity index (χ2v) is 4.51. The molecule has 1 aliphatic heterocycles. The van der Waals surface area contributed by atoms with Gasteiger partial charge < -0.3 is 4.90 Å². The minimum atomic E-state index is 0.300. The summed E-state index contributed by atoms with van der Waals surface area (Å²) in [5, 5.41) is 0.365. The number of halogens is 1. The summed E-state index contributed by atoms with van der Waals surface area (Å²) in [4.78, 5) is 2.35. The Morgan fingerprint density at radius 3 is 2.50 bits per heavy atom. The third-order valence-corrected chi connectivity index (χ3v) is 3.10. The minimum Gasteiger partial charge on any atom is -0.306 e. The Kier molecular flexibility index (Phi) is 2.26. The topological polar surface area (TPSA) is 3.24 Å². The summed E-state index contributed by atoms with van der Waals surface area (Å²) in [7, 11) is 2.16. The summed E-state index contributed by atoms with van der Waals surface area (Å²) in [5.41, 5.74) is 0.300.